The van der Waals surface area contributed by atoms with Crippen molar-refractivity contribution in [3.8, 4) is 12.3 Å². The van der Waals surface area contributed by atoms with Gasteiger partial charge in [-0.25, -0.2) is 0 Å². The van der Waals surface area contributed by atoms with E-state index >= 15 is 0 Å². The molecule has 0 aliphatic rings. The average Bonchev–Trinajstić information content (AvgIpc) is 1.97. The summed E-state index contributed by atoms with van der Waals surface area (Å²) in [6.07, 6.45) is 6.72. The molecule has 0 aliphatic carbocycles. The minimum absolute atomic E-state index is 0.295. The van der Waals surface area contributed by atoms with E-state index in [0.717, 1.165) is 0 Å². The van der Waals surface area contributed by atoms with Gasteiger partial charge in [0, 0.05) is 20.1 Å². The van der Waals surface area contributed by atoms with Crippen LogP contribution in [0.5, 0.6) is 0 Å². The first-order valence-corrected chi connectivity index (χ1v) is 3.41. The fraction of sp³-hybridized carbons (Fsp3) is 0.750. The molecule has 10 heavy (non-hydrogen) atoms. The number of hydrogen-bond donors (Lipinski definition) is 1. The Morgan fingerprint density at radius 1 is 1.60 bits per heavy atom. The monoisotopic (exact) mass is 142 g/mol. The molecule has 1 atom stereocenters. The fourth-order valence-electron chi connectivity index (χ4n) is 0.648. The topological polar surface area (TPSA) is 29.5 Å². The van der Waals surface area contributed by atoms with Crippen LogP contribution in [0.25, 0.3) is 0 Å². The molecule has 0 rings (SSSR count). The predicted molar refractivity (Wildman–Crippen MR) is 40.6 cm³/mol. The van der Waals surface area contributed by atoms with Crippen molar-refractivity contribution in [3.05, 3.63) is 0 Å². The number of ether oxygens (including phenoxy) is 1. The van der Waals surface area contributed by atoms with E-state index in [1.54, 1.807) is 7.11 Å². The summed E-state index contributed by atoms with van der Waals surface area (Å²) < 4.78 is 4.78. The molecule has 1 N–H and O–H groups in total. The summed E-state index contributed by atoms with van der Waals surface area (Å²) in [5, 5.41) is 9.14. The van der Waals surface area contributed by atoms with Crippen LogP contribution in [0.3, 0.4) is 0 Å². The van der Waals surface area contributed by atoms with Crippen LogP contribution in [-0.2, 0) is 4.74 Å². The highest BCUT2D eigenvalue weighted by atomic mass is 16.5. The number of aliphatic hydroxyl groups is 1. The molecular formula is C8H14O2. The van der Waals surface area contributed by atoms with E-state index in [0.29, 0.717) is 25.9 Å². The van der Waals surface area contributed by atoms with Crippen molar-refractivity contribution in [2.45, 2.75) is 25.4 Å². The molecule has 0 fully saturated rings. The van der Waals surface area contributed by atoms with Crippen LogP contribution in [0.2, 0.25) is 0 Å². The number of aliphatic hydroxyl groups excluding tert-OH is 1. The standard InChI is InChI=1S/C8H14O2/c1-3-4-5-8(9)6-7-10-2/h1,8-9H,4-7H2,2H3. The van der Waals surface area contributed by atoms with E-state index < -0.39 is 0 Å². The largest absolute Gasteiger partial charge is 0.393 e. The Bertz CT molecular complexity index is 104. The lowest BCUT2D eigenvalue weighted by atomic mass is 10.1. The normalized spacial score (nSPS) is 12.5. The van der Waals surface area contributed by atoms with Crippen LogP contribution in [0.15, 0.2) is 0 Å². The van der Waals surface area contributed by atoms with Gasteiger partial charge in [0.15, 0.2) is 0 Å². The lowest BCUT2D eigenvalue weighted by Gasteiger charge is -2.06. The molecule has 2 heteroatoms. The Morgan fingerprint density at radius 3 is 2.80 bits per heavy atom. The number of methoxy groups -OCH3 is 1. The van der Waals surface area contributed by atoms with Crippen LogP contribution in [0.1, 0.15) is 19.3 Å². The van der Waals surface area contributed by atoms with Crippen molar-refractivity contribution in [3.63, 3.8) is 0 Å². The molecule has 0 radical (unpaired) electrons. The van der Waals surface area contributed by atoms with Gasteiger partial charge in [0.1, 0.15) is 0 Å². The van der Waals surface area contributed by atoms with E-state index in [9.17, 15) is 0 Å². The molecule has 1 unspecified atom stereocenters. The summed E-state index contributed by atoms with van der Waals surface area (Å²) in [6.45, 7) is 0.603. The first-order valence-electron chi connectivity index (χ1n) is 3.41. The maximum Gasteiger partial charge on any atom is 0.0571 e. The molecule has 0 spiro atoms. The van der Waals surface area contributed by atoms with E-state index in [2.05, 4.69) is 5.92 Å². The summed E-state index contributed by atoms with van der Waals surface area (Å²) in [5.41, 5.74) is 0. The maximum absolute atomic E-state index is 9.14. The van der Waals surface area contributed by atoms with Gasteiger partial charge in [-0.1, -0.05) is 0 Å². The Balaban J connectivity index is 3.10. The molecule has 0 aromatic heterocycles. The maximum atomic E-state index is 9.14. The molecule has 0 aromatic rings. The van der Waals surface area contributed by atoms with Crippen molar-refractivity contribution in [1.82, 2.24) is 0 Å². The van der Waals surface area contributed by atoms with Crippen molar-refractivity contribution < 1.29 is 9.84 Å². The first kappa shape index (κ1) is 9.48. The van der Waals surface area contributed by atoms with Gasteiger partial charge >= 0.3 is 0 Å². The number of hydrogen-bond acceptors (Lipinski definition) is 2. The third-order valence-corrected chi connectivity index (χ3v) is 1.28. The lowest BCUT2D eigenvalue weighted by molar-refractivity contribution is 0.105. The molecule has 0 saturated carbocycles. The summed E-state index contributed by atoms with van der Waals surface area (Å²) in [6, 6.07) is 0. The van der Waals surface area contributed by atoms with Crippen LogP contribution >= 0.6 is 0 Å². The molecule has 0 amide bonds. The van der Waals surface area contributed by atoms with Crippen LogP contribution < -0.4 is 0 Å². The molecule has 0 bridgehead atoms. The predicted octanol–water partition coefficient (Wildman–Crippen LogP) is 0.797. The average molecular weight is 142 g/mol. The summed E-state index contributed by atoms with van der Waals surface area (Å²) >= 11 is 0. The Hall–Kier alpha value is -0.520. The highest BCUT2D eigenvalue weighted by Gasteiger charge is 2.00. The molecular weight excluding hydrogens is 128 g/mol. The highest BCUT2D eigenvalue weighted by Crippen LogP contribution is 2.00. The Morgan fingerprint density at radius 2 is 2.30 bits per heavy atom. The molecule has 0 aliphatic heterocycles. The zero-order valence-electron chi connectivity index (χ0n) is 6.34. The van der Waals surface area contributed by atoms with Gasteiger partial charge in [-0.2, -0.15) is 0 Å². The zero-order chi connectivity index (χ0) is 7.82. The summed E-state index contributed by atoms with van der Waals surface area (Å²) in [7, 11) is 1.62. The second-order valence-electron chi connectivity index (χ2n) is 2.18. The molecule has 0 heterocycles. The zero-order valence-corrected chi connectivity index (χ0v) is 6.34. The minimum atomic E-state index is -0.295. The SMILES string of the molecule is C#CCCC(O)CCOC. The van der Waals surface area contributed by atoms with Crippen molar-refractivity contribution in [1.29, 1.82) is 0 Å². The minimum Gasteiger partial charge on any atom is -0.393 e. The molecule has 2 nitrogen and oxygen atoms in total. The van der Waals surface area contributed by atoms with Gasteiger partial charge in [0.25, 0.3) is 0 Å². The first-order chi connectivity index (χ1) is 4.81. The van der Waals surface area contributed by atoms with Crippen LogP contribution in [0.4, 0.5) is 0 Å². The quantitative estimate of drug-likeness (QED) is 0.575. The summed E-state index contributed by atoms with van der Waals surface area (Å²) in [4.78, 5) is 0. The van der Waals surface area contributed by atoms with Gasteiger partial charge in [-0.3, -0.25) is 0 Å². The van der Waals surface area contributed by atoms with Crippen molar-refractivity contribution >= 4 is 0 Å². The van der Waals surface area contributed by atoms with Crippen molar-refractivity contribution in [2.75, 3.05) is 13.7 Å². The smallest absolute Gasteiger partial charge is 0.0571 e. The second kappa shape index (κ2) is 6.60. The van der Waals surface area contributed by atoms with Crippen LogP contribution in [-0.4, -0.2) is 24.9 Å². The van der Waals surface area contributed by atoms with E-state index in [1.165, 1.54) is 0 Å². The van der Waals surface area contributed by atoms with Gasteiger partial charge < -0.3 is 9.84 Å². The van der Waals surface area contributed by atoms with Gasteiger partial charge in [-0.05, 0) is 12.8 Å². The third kappa shape index (κ3) is 5.61. The highest BCUT2D eigenvalue weighted by molar-refractivity contribution is 4.84. The van der Waals surface area contributed by atoms with Crippen molar-refractivity contribution in [2.24, 2.45) is 0 Å². The number of terminal acetylenes is 1. The summed E-state index contributed by atoms with van der Waals surface area (Å²) in [5.74, 6) is 2.47. The lowest BCUT2D eigenvalue weighted by Crippen LogP contribution is -2.08. The van der Waals surface area contributed by atoms with Crippen LogP contribution in [0, 0.1) is 12.3 Å². The Labute approximate surface area is 62.2 Å². The van der Waals surface area contributed by atoms with E-state index in [-0.39, 0.29) is 6.10 Å². The van der Waals surface area contributed by atoms with Gasteiger partial charge in [0.05, 0.1) is 6.10 Å². The van der Waals surface area contributed by atoms with E-state index in [4.69, 9.17) is 16.3 Å². The fourth-order valence-corrected chi connectivity index (χ4v) is 0.648. The van der Waals surface area contributed by atoms with Gasteiger partial charge in [0.2, 0.25) is 0 Å². The van der Waals surface area contributed by atoms with E-state index in [1.807, 2.05) is 0 Å². The molecule has 0 saturated heterocycles. The molecule has 58 valence electrons. The second-order valence-corrected chi connectivity index (χ2v) is 2.18. The Kier molecular flexibility index (Phi) is 6.25. The third-order valence-electron chi connectivity index (χ3n) is 1.28. The number of rotatable bonds is 5. The van der Waals surface area contributed by atoms with Gasteiger partial charge in [-0.15, -0.1) is 12.3 Å². The molecule has 0 aromatic carbocycles.